The van der Waals surface area contributed by atoms with Crippen molar-refractivity contribution in [3.63, 3.8) is 0 Å². The van der Waals surface area contributed by atoms with Crippen molar-refractivity contribution in [3.05, 3.63) is 33.8 Å². The summed E-state index contributed by atoms with van der Waals surface area (Å²) in [7, 11) is 1.72. The Morgan fingerprint density at radius 2 is 2.06 bits per heavy atom. The minimum absolute atomic E-state index is 0.172. The molecular weight excluding hydrogens is 269 g/mol. The van der Waals surface area contributed by atoms with E-state index < -0.39 is 0 Å². The highest BCUT2D eigenvalue weighted by molar-refractivity contribution is 6.33. The van der Waals surface area contributed by atoms with Crippen LogP contribution in [0.3, 0.4) is 0 Å². The Hall–Kier alpha value is -0.280. The highest BCUT2D eigenvalue weighted by atomic mass is 35.5. The van der Waals surface area contributed by atoms with Crippen molar-refractivity contribution < 1.29 is 4.74 Å². The average Bonchev–Trinajstić information content (AvgIpc) is 2.37. The topological polar surface area (TPSA) is 21.3 Å². The number of halogens is 2. The Labute approximate surface area is 120 Å². The maximum absolute atomic E-state index is 6.26. The standard InChI is InChI=1S/C14H21Cl2NO/c1-4-7-17-14(8-10(2)18-3)12-9-11(15)5-6-13(12)16/h5-6,9-10,14,17H,4,7-8H2,1-3H3. The van der Waals surface area contributed by atoms with Crippen LogP contribution >= 0.6 is 23.2 Å². The van der Waals surface area contributed by atoms with Crippen molar-refractivity contribution in [2.75, 3.05) is 13.7 Å². The molecule has 2 unspecified atom stereocenters. The maximum atomic E-state index is 6.26. The lowest BCUT2D eigenvalue weighted by molar-refractivity contribution is 0.100. The Morgan fingerprint density at radius 1 is 1.33 bits per heavy atom. The molecule has 0 saturated carbocycles. The molecule has 0 heterocycles. The van der Waals surface area contributed by atoms with Crippen molar-refractivity contribution >= 4 is 23.2 Å². The molecule has 1 rings (SSSR count). The summed E-state index contributed by atoms with van der Waals surface area (Å²) in [5.41, 5.74) is 1.04. The molecule has 0 aliphatic rings. The summed E-state index contributed by atoms with van der Waals surface area (Å²) in [5, 5.41) is 4.95. The van der Waals surface area contributed by atoms with Gasteiger partial charge in [0.1, 0.15) is 0 Å². The van der Waals surface area contributed by atoms with Crippen LogP contribution in [0.4, 0.5) is 0 Å². The molecule has 0 aromatic heterocycles. The van der Waals surface area contributed by atoms with Crippen LogP contribution < -0.4 is 5.32 Å². The number of rotatable bonds is 7. The lowest BCUT2D eigenvalue weighted by atomic mass is 10.0. The van der Waals surface area contributed by atoms with Crippen LogP contribution in [0.15, 0.2) is 18.2 Å². The summed E-state index contributed by atoms with van der Waals surface area (Å²) in [4.78, 5) is 0. The fourth-order valence-corrected chi connectivity index (χ4v) is 2.28. The van der Waals surface area contributed by atoms with Crippen LogP contribution in [-0.2, 0) is 4.74 Å². The van der Waals surface area contributed by atoms with E-state index in [0.29, 0.717) is 5.02 Å². The molecule has 0 bridgehead atoms. The van der Waals surface area contributed by atoms with Gasteiger partial charge in [0.2, 0.25) is 0 Å². The van der Waals surface area contributed by atoms with E-state index in [4.69, 9.17) is 27.9 Å². The van der Waals surface area contributed by atoms with Crippen molar-refractivity contribution in [2.24, 2.45) is 0 Å². The van der Waals surface area contributed by atoms with E-state index in [9.17, 15) is 0 Å². The highest BCUT2D eigenvalue weighted by Crippen LogP contribution is 2.29. The summed E-state index contributed by atoms with van der Waals surface area (Å²) >= 11 is 12.3. The van der Waals surface area contributed by atoms with Crippen LogP contribution in [0, 0.1) is 0 Å². The van der Waals surface area contributed by atoms with Gasteiger partial charge in [-0.05, 0) is 50.1 Å². The molecule has 1 N–H and O–H groups in total. The molecule has 18 heavy (non-hydrogen) atoms. The van der Waals surface area contributed by atoms with Gasteiger partial charge in [0.25, 0.3) is 0 Å². The Balaban J connectivity index is 2.89. The largest absolute Gasteiger partial charge is 0.382 e. The molecule has 102 valence electrons. The quantitative estimate of drug-likeness (QED) is 0.800. The van der Waals surface area contributed by atoms with Gasteiger partial charge in [0, 0.05) is 23.2 Å². The first-order chi connectivity index (χ1) is 8.58. The summed E-state index contributed by atoms with van der Waals surface area (Å²) < 4.78 is 5.34. The fourth-order valence-electron chi connectivity index (χ4n) is 1.85. The van der Waals surface area contributed by atoms with Crippen LogP contribution in [-0.4, -0.2) is 19.8 Å². The molecule has 2 nitrogen and oxygen atoms in total. The second-order valence-corrected chi connectivity index (χ2v) is 5.30. The summed E-state index contributed by atoms with van der Waals surface area (Å²) in [6.45, 7) is 5.15. The Bertz CT molecular complexity index is 371. The summed E-state index contributed by atoms with van der Waals surface area (Å²) in [5.74, 6) is 0. The molecule has 4 heteroatoms. The normalized spacial score (nSPS) is 14.5. The van der Waals surface area contributed by atoms with Gasteiger partial charge in [0.15, 0.2) is 0 Å². The van der Waals surface area contributed by atoms with Gasteiger partial charge in [-0.1, -0.05) is 30.1 Å². The zero-order valence-corrected chi connectivity index (χ0v) is 12.7. The van der Waals surface area contributed by atoms with E-state index in [-0.39, 0.29) is 12.1 Å². The van der Waals surface area contributed by atoms with Gasteiger partial charge >= 0.3 is 0 Å². The number of methoxy groups -OCH3 is 1. The van der Waals surface area contributed by atoms with E-state index in [2.05, 4.69) is 19.2 Å². The Kier molecular flexibility index (Phi) is 7.02. The molecule has 1 aromatic rings. The zero-order chi connectivity index (χ0) is 13.5. The lowest BCUT2D eigenvalue weighted by Crippen LogP contribution is -2.26. The van der Waals surface area contributed by atoms with Crippen molar-refractivity contribution in [2.45, 2.75) is 38.8 Å². The first-order valence-corrected chi connectivity index (χ1v) is 7.05. The van der Waals surface area contributed by atoms with Crippen molar-refractivity contribution in [1.29, 1.82) is 0 Å². The second kappa shape index (κ2) is 8.00. The lowest BCUT2D eigenvalue weighted by Gasteiger charge is -2.23. The number of hydrogen-bond acceptors (Lipinski definition) is 2. The molecule has 0 fully saturated rings. The number of hydrogen-bond donors (Lipinski definition) is 1. The SMILES string of the molecule is CCCNC(CC(C)OC)c1cc(Cl)ccc1Cl. The molecule has 1 aromatic carbocycles. The van der Waals surface area contributed by atoms with Crippen LogP contribution in [0.25, 0.3) is 0 Å². The van der Waals surface area contributed by atoms with Gasteiger partial charge in [-0.2, -0.15) is 0 Å². The first kappa shape index (κ1) is 15.8. The Morgan fingerprint density at radius 3 is 2.67 bits per heavy atom. The van der Waals surface area contributed by atoms with E-state index >= 15 is 0 Å². The van der Waals surface area contributed by atoms with Gasteiger partial charge in [-0.25, -0.2) is 0 Å². The van der Waals surface area contributed by atoms with Gasteiger partial charge < -0.3 is 10.1 Å². The van der Waals surface area contributed by atoms with Gasteiger partial charge in [-0.15, -0.1) is 0 Å². The molecule has 0 spiro atoms. The smallest absolute Gasteiger partial charge is 0.0561 e. The molecule has 0 radical (unpaired) electrons. The zero-order valence-electron chi connectivity index (χ0n) is 11.2. The predicted molar refractivity (Wildman–Crippen MR) is 78.6 cm³/mol. The highest BCUT2D eigenvalue weighted by Gasteiger charge is 2.17. The molecule has 0 aliphatic heterocycles. The predicted octanol–water partition coefficient (Wildman–Crippen LogP) is 4.46. The molecular formula is C14H21Cl2NO. The third kappa shape index (κ3) is 4.77. The maximum Gasteiger partial charge on any atom is 0.0561 e. The van der Waals surface area contributed by atoms with E-state index in [1.54, 1.807) is 7.11 Å². The number of nitrogens with one attached hydrogen (secondary N) is 1. The first-order valence-electron chi connectivity index (χ1n) is 6.29. The third-order valence-corrected chi connectivity index (χ3v) is 3.52. The van der Waals surface area contributed by atoms with Crippen LogP contribution in [0.1, 0.15) is 38.3 Å². The van der Waals surface area contributed by atoms with E-state index in [1.807, 2.05) is 18.2 Å². The van der Waals surface area contributed by atoms with Crippen LogP contribution in [0.5, 0.6) is 0 Å². The minimum Gasteiger partial charge on any atom is -0.382 e. The van der Waals surface area contributed by atoms with Crippen molar-refractivity contribution in [1.82, 2.24) is 5.32 Å². The second-order valence-electron chi connectivity index (χ2n) is 4.45. The van der Waals surface area contributed by atoms with E-state index in [0.717, 1.165) is 30.0 Å². The molecule has 0 saturated heterocycles. The van der Waals surface area contributed by atoms with Crippen molar-refractivity contribution in [3.8, 4) is 0 Å². The molecule has 2 atom stereocenters. The average molecular weight is 290 g/mol. The fraction of sp³-hybridized carbons (Fsp3) is 0.571. The number of benzene rings is 1. The molecule has 0 amide bonds. The summed E-state index contributed by atoms with van der Waals surface area (Å²) in [6, 6.07) is 5.76. The van der Waals surface area contributed by atoms with E-state index in [1.165, 1.54) is 0 Å². The minimum atomic E-state index is 0.172. The van der Waals surface area contributed by atoms with Crippen LogP contribution in [0.2, 0.25) is 10.0 Å². The van der Waals surface area contributed by atoms with Gasteiger partial charge in [-0.3, -0.25) is 0 Å². The third-order valence-electron chi connectivity index (χ3n) is 2.94. The monoisotopic (exact) mass is 289 g/mol. The number of ether oxygens (including phenoxy) is 1. The van der Waals surface area contributed by atoms with Gasteiger partial charge in [0.05, 0.1) is 6.10 Å². The summed E-state index contributed by atoms with van der Waals surface area (Å²) in [6.07, 6.45) is 2.13. The molecule has 0 aliphatic carbocycles.